The van der Waals surface area contributed by atoms with E-state index in [2.05, 4.69) is 0 Å². The number of sulfone groups is 1. The summed E-state index contributed by atoms with van der Waals surface area (Å²) in [5.41, 5.74) is 0.434. The van der Waals surface area contributed by atoms with Gasteiger partial charge in [0.05, 0.1) is 16.4 Å². The van der Waals surface area contributed by atoms with Crippen molar-refractivity contribution in [2.45, 2.75) is 37.1 Å². The molecule has 2 rings (SSSR count). The first kappa shape index (κ1) is 22.5. The number of carbonyl (C=O) groups is 2. The number of nitrogens with zero attached hydrogens (tertiary/aromatic N) is 2. The van der Waals surface area contributed by atoms with Crippen LogP contribution >= 0.6 is 0 Å². The van der Waals surface area contributed by atoms with E-state index in [-0.39, 0.29) is 47.1 Å². The van der Waals surface area contributed by atoms with Crippen LogP contribution in [0.3, 0.4) is 0 Å². The fourth-order valence-electron chi connectivity index (χ4n) is 3.08. The van der Waals surface area contributed by atoms with Crippen molar-refractivity contribution >= 4 is 31.6 Å². The molecular formula is C18H26N2O6S2. The summed E-state index contributed by atoms with van der Waals surface area (Å²) in [6.45, 7) is 1.56. The Morgan fingerprint density at radius 2 is 1.75 bits per heavy atom. The van der Waals surface area contributed by atoms with Crippen molar-refractivity contribution < 1.29 is 26.4 Å². The van der Waals surface area contributed by atoms with Gasteiger partial charge < -0.3 is 4.90 Å². The summed E-state index contributed by atoms with van der Waals surface area (Å²) in [6.07, 6.45) is 0.898. The van der Waals surface area contributed by atoms with Crippen LogP contribution in [0.25, 0.3) is 0 Å². The molecule has 0 N–H and O–H groups in total. The standard InChI is InChI=1S/C18H26N2O6S2/c1-14(21)15-6-8-17(9-7-15)28(25,26)19(2)11-4-5-18(22)20(3)16-10-12-27(23,24)13-16/h6-9,16H,4-5,10-13H2,1-3H3/t16-/m1/s1. The molecule has 1 fully saturated rings. The molecule has 1 aliphatic rings. The van der Waals surface area contributed by atoms with E-state index in [0.717, 1.165) is 0 Å². The zero-order chi connectivity index (χ0) is 21.1. The maximum absolute atomic E-state index is 12.6. The van der Waals surface area contributed by atoms with E-state index in [4.69, 9.17) is 0 Å². The number of Topliss-reactive ketones (excluding diaryl/α,β-unsaturated/α-hetero) is 1. The fraction of sp³-hybridized carbons (Fsp3) is 0.556. The number of hydrogen-bond acceptors (Lipinski definition) is 6. The lowest BCUT2D eigenvalue weighted by molar-refractivity contribution is -0.131. The highest BCUT2D eigenvalue weighted by Gasteiger charge is 2.32. The van der Waals surface area contributed by atoms with Gasteiger partial charge in [0.15, 0.2) is 15.6 Å². The SMILES string of the molecule is CC(=O)c1ccc(S(=O)(=O)N(C)CCCC(=O)N(C)[C@@H]2CCS(=O)(=O)C2)cc1. The lowest BCUT2D eigenvalue weighted by Crippen LogP contribution is -2.38. The Morgan fingerprint density at radius 3 is 2.25 bits per heavy atom. The highest BCUT2D eigenvalue weighted by atomic mass is 32.2. The topological polar surface area (TPSA) is 109 Å². The van der Waals surface area contributed by atoms with Crippen LogP contribution in [0.2, 0.25) is 0 Å². The molecule has 0 aromatic heterocycles. The van der Waals surface area contributed by atoms with Crippen molar-refractivity contribution in [1.29, 1.82) is 0 Å². The van der Waals surface area contributed by atoms with Crippen molar-refractivity contribution in [2.24, 2.45) is 0 Å². The van der Waals surface area contributed by atoms with Crippen LogP contribution in [0, 0.1) is 0 Å². The second-order valence-corrected chi connectivity index (χ2v) is 11.3. The molecule has 0 aliphatic carbocycles. The van der Waals surface area contributed by atoms with E-state index in [1.54, 1.807) is 7.05 Å². The number of hydrogen-bond donors (Lipinski definition) is 0. The summed E-state index contributed by atoms with van der Waals surface area (Å²) in [5, 5.41) is 0. The summed E-state index contributed by atoms with van der Waals surface area (Å²) >= 11 is 0. The van der Waals surface area contributed by atoms with Gasteiger partial charge in [0.1, 0.15) is 0 Å². The Hall–Kier alpha value is -1.78. The van der Waals surface area contributed by atoms with E-state index in [1.165, 1.54) is 47.4 Å². The lowest BCUT2D eigenvalue weighted by Gasteiger charge is -2.24. The minimum absolute atomic E-state index is 0.0141. The van der Waals surface area contributed by atoms with Crippen LogP contribution in [0.15, 0.2) is 29.2 Å². The zero-order valence-electron chi connectivity index (χ0n) is 16.3. The molecule has 1 aliphatic heterocycles. The average molecular weight is 431 g/mol. The molecule has 1 aromatic rings. The van der Waals surface area contributed by atoms with Gasteiger partial charge in [0.2, 0.25) is 15.9 Å². The van der Waals surface area contributed by atoms with Gasteiger partial charge in [-0.3, -0.25) is 9.59 Å². The zero-order valence-corrected chi connectivity index (χ0v) is 17.9. The maximum Gasteiger partial charge on any atom is 0.242 e. The van der Waals surface area contributed by atoms with E-state index in [9.17, 15) is 26.4 Å². The molecule has 0 bridgehead atoms. The summed E-state index contributed by atoms with van der Waals surface area (Å²) in [7, 11) is -3.76. The van der Waals surface area contributed by atoms with Gasteiger partial charge in [-0.2, -0.15) is 0 Å². The van der Waals surface area contributed by atoms with Crippen molar-refractivity contribution in [2.75, 3.05) is 32.1 Å². The third-order valence-electron chi connectivity index (χ3n) is 4.98. The monoisotopic (exact) mass is 430 g/mol. The Balaban J connectivity index is 1.89. The van der Waals surface area contributed by atoms with E-state index in [1.807, 2.05) is 0 Å². The quantitative estimate of drug-likeness (QED) is 0.568. The largest absolute Gasteiger partial charge is 0.342 e. The van der Waals surface area contributed by atoms with Crippen LogP contribution < -0.4 is 0 Å². The molecule has 28 heavy (non-hydrogen) atoms. The first-order valence-electron chi connectivity index (χ1n) is 8.97. The molecule has 1 atom stereocenters. The molecule has 0 unspecified atom stereocenters. The van der Waals surface area contributed by atoms with E-state index < -0.39 is 19.9 Å². The smallest absolute Gasteiger partial charge is 0.242 e. The molecule has 0 radical (unpaired) electrons. The van der Waals surface area contributed by atoms with E-state index >= 15 is 0 Å². The minimum atomic E-state index is -3.71. The average Bonchev–Trinajstić information content (AvgIpc) is 3.00. The third-order valence-corrected chi connectivity index (χ3v) is 8.60. The van der Waals surface area contributed by atoms with Crippen molar-refractivity contribution in [3.63, 3.8) is 0 Å². The molecule has 1 amide bonds. The predicted octanol–water partition coefficient (Wildman–Crippen LogP) is 0.935. The summed E-state index contributed by atoms with van der Waals surface area (Å²) < 4.78 is 49.4. The molecule has 8 nitrogen and oxygen atoms in total. The van der Waals surface area contributed by atoms with Gasteiger partial charge in [-0.05, 0) is 31.9 Å². The predicted molar refractivity (Wildman–Crippen MR) is 105 cm³/mol. The van der Waals surface area contributed by atoms with Crippen molar-refractivity contribution in [1.82, 2.24) is 9.21 Å². The number of amides is 1. The first-order chi connectivity index (χ1) is 12.9. The van der Waals surface area contributed by atoms with Gasteiger partial charge in [0, 0.05) is 38.7 Å². The highest BCUT2D eigenvalue weighted by molar-refractivity contribution is 7.91. The third kappa shape index (κ3) is 5.39. The van der Waals surface area contributed by atoms with Gasteiger partial charge >= 0.3 is 0 Å². The highest BCUT2D eigenvalue weighted by Crippen LogP contribution is 2.19. The summed E-state index contributed by atoms with van der Waals surface area (Å²) in [6, 6.07) is 5.41. The molecule has 10 heteroatoms. The Kier molecular flexibility index (Phi) is 7.00. The molecule has 1 saturated heterocycles. The Bertz CT molecular complexity index is 939. The van der Waals surface area contributed by atoms with Gasteiger partial charge in [-0.25, -0.2) is 21.1 Å². The Labute approximate surface area is 166 Å². The normalized spacial score (nSPS) is 18.9. The van der Waals surface area contributed by atoms with Gasteiger partial charge in [-0.15, -0.1) is 0 Å². The molecule has 0 spiro atoms. The minimum Gasteiger partial charge on any atom is -0.342 e. The second-order valence-electron chi connectivity index (χ2n) is 7.07. The number of rotatable bonds is 8. The van der Waals surface area contributed by atoms with Gasteiger partial charge in [0.25, 0.3) is 0 Å². The lowest BCUT2D eigenvalue weighted by atomic mass is 10.2. The van der Waals surface area contributed by atoms with Crippen molar-refractivity contribution in [3.05, 3.63) is 29.8 Å². The molecular weight excluding hydrogens is 404 g/mol. The second kappa shape index (κ2) is 8.71. The summed E-state index contributed by atoms with van der Waals surface area (Å²) in [4.78, 5) is 25.1. The first-order valence-corrected chi connectivity index (χ1v) is 12.2. The fourth-order valence-corrected chi connectivity index (χ4v) is 6.06. The Morgan fingerprint density at radius 1 is 1.14 bits per heavy atom. The van der Waals surface area contributed by atoms with Crippen molar-refractivity contribution in [3.8, 4) is 0 Å². The molecule has 0 saturated carbocycles. The van der Waals surface area contributed by atoms with Crippen LogP contribution in [-0.2, 0) is 24.7 Å². The summed E-state index contributed by atoms with van der Waals surface area (Å²) in [5.74, 6) is -0.257. The molecule has 156 valence electrons. The molecule has 1 aromatic carbocycles. The van der Waals surface area contributed by atoms with E-state index in [0.29, 0.717) is 18.4 Å². The maximum atomic E-state index is 12.6. The van der Waals surface area contributed by atoms with Crippen LogP contribution in [-0.4, -0.2) is 75.9 Å². The number of ketones is 1. The van der Waals surface area contributed by atoms with Crippen LogP contribution in [0.1, 0.15) is 36.5 Å². The van der Waals surface area contributed by atoms with Gasteiger partial charge in [-0.1, -0.05) is 12.1 Å². The number of sulfonamides is 1. The number of benzene rings is 1. The van der Waals surface area contributed by atoms with Crippen LogP contribution in [0.5, 0.6) is 0 Å². The molecule has 1 heterocycles. The van der Waals surface area contributed by atoms with Crippen LogP contribution in [0.4, 0.5) is 0 Å². The number of carbonyl (C=O) groups excluding carboxylic acids is 2.